The number of amides is 2. The molecule has 40 heavy (non-hydrogen) atoms. The van der Waals surface area contributed by atoms with Crippen molar-refractivity contribution in [3.05, 3.63) is 88.6 Å². The highest BCUT2D eigenvalue weighted by Gasteiger charge is 2.42. The van der Waals surface area contributed by atoms with Crippen LogP contribution in [0.3, 0.4) is 0 Å². The summed E-state index contributed by atoms with van der Waals surface area (Å²) < 4.78 is 43.6. The zero-order valence-corrected chi connectivity index (χ0v) is 22.3. The van der Waals surface area contributed by atoms with Gasteiger partial charge in [-0.2, -0.15) is 13.2 Å². The summed E-state index contributed by atoms with van der Waals surface area (Å²) in [6.07, 6.45) is 0.757. The molecule has 2 amide bonds. The molecule has 210 valence electrons. The lowest BCUT2D eigenvalue weighted by molar-refractivity contribution is -0.137. The van der Waals surface area contributed by atoms with Crippen LogP contribution in [0, 0.1) is 6.92 Å². The Morgan fingerprint density at radius 2 is 1.70 bits per heavy atom. The van der Waals surface area contributed by atoms with E-state index in [9.17, 15) is 22.8 Å². The summed E-state index contributed by atoms with van der Waals surface area (Å²) in [4.78, 5) is 32.5. The molecule has 0 unspecified atom stereocenters. The lowest BCUT2D eigenvalue weighted by Crippen LogP contribution is -2.50. The molecule has 0 spiro atoms. The number of piperidine rings is 1. The van der Waals surface area contributed by atoms with Gasteiger partial charge in [-0.1, -0.05) is 18.2 Å². The summed E-state index contributed by atoms with van der Waals surface area (Å²) in [7, 11) is 1.59. The Morgan fingerprint density at radius 1 is 1.00 bits per heavy atom. The molecular weight excluding hydrogens is 521 g/mol. The minimum absolute atomic E-state index is 0.0575. The van der Waals surface area contributed by atoms with Crippen LogP contribution in [-0.4, -0.2) is 42.0 Å². The Morgan fingerprint density at radius 3 is 2.30 bits per heavy atom. The highest BCUT2D eigenvalue weighted by molar-refractivity contribution is 5.96. The molecule has 0 aliphatic carbocycles. The Balaban J connectivity index is 1.17. The molecule has 5 rings (SSSR count). The van der Waals surface area contributed by atoms with Crippen molar-refractivity contribution in [2.24, 2.45) is 0 Å². The van der Waals surface area contributed by atoms with Crippen LogP contribution >= 0.6 is 0 Å². The van der Waals surface area contributed by atoms with E-state index in [1.807, 2.05) is 31.2 Å². The normalized spacial score (nSPS) is 20.2. The molecule has 2 bridgehead atoms. The first-order valence-electron chi connectivity index (χ1n) is 13.3. The van der Waals surface area contributed by atoms with E-state index in [1.54, 1.807) is 13.2 Å². The van der Waals surface area contributed by atoms with E-state index in [-0.39, 0.29) is 36.5 Å². The molecule has 2 fully saturated rings. The van der Waals surface area contributed by atoms with E-state index in [0.717, 1.165) is 49.2 Å². The second-order valence-electron chi connectivity index (χ2n) is 10.3. The molecule has 2 aliphatic rings. The maximum absolute atomic E-state index is 13.0. The quantitative estimate of drug-likeness (QED) is 0.417. The van der Waals surface area contributed by atoms with Crippen molar-refractivity contribution >= 4 is 17.6 Å². The van der Waals surface area contributed by atoms with Crippen LogP contribution in [0.15, 0.2) is 60.8 Å². The monoisotopic (exact) mass is 552 g/mol. The van der Waals surface area contributed by atoms with Gasteiger partial charge >= 0.3 is 6.18 Å². The van der Waals surface area contributed by atoms with Crippen LogP contribution in [0.4, 0.5) is 19.0 Å². The average Bonchev–Trinajstić information content (AvgIpc) is 3.21. The van der Waals surface area contributed by atoms with Gasteiger partial charge in [-0.05, 0) is 74.6 Å². The highest BCUT2D eigenvalue weighted by Crippen LogP contribution is 2.39. The van der Waals surface area contributed by atoms with Gasteiger partial charge in [-0.15, -0.1) is 0 Å². The molecule has 0 radical (unpaired) electrons. The first-order valence-corrected chi connectivity index (χ1v) is 13.3. The van der Waals surface area contributed by atoms with Crippen LogP contribution in [-0.2, 0) is 12.7 Å². The number of hydrogen-bond donors (Lipinski definition) is 2. The van der Waals surface area contributed by atoms with Gasteiger partial charge < -0.3 is 20.3 Å². The van der Waals surface area contributed by atoms with Crippen LogP contribution in [0.2, 0.25) is 0 Å². The van der Waals surface area contributed by atoms with Gasteiger partial charge in [0, 0.05) is 42.0 Å². The van der Waals surface area contributed by atoms with E-state index in [2.05, 4.69) is 20.5 Å². The summed E-state index contributed by atoms with van der Waals surface area (Å²) >= 11 is 0. The topological polar surface area (TPSA) is 83.6 Å². The zero-order chi connectivity index (χ0) is 28.4. The number of alkyl halides is 3. The number of nitrogens with zero attached hydrogens (tertiary/aromatic N) is 2. The number of hydrogen-bond acceptors (Lipinski definition) is 5. The summed E-state index contributed by atoms with van der Waals surface area (Å²) in [6.45, 7) is 1.99. The number of pyridine rings is 1. The van der Waals surface area contributed by atoms with E-state index in [4.69, 9.17) is 4.74 Å². The van der Waals surface area contributed by atoms with Gasteiger partial charge in [-0.3, -0.25) is 9.59 Å². The molecule has 3 aromatic rings. The van der Waals surface area contributed by atoms with Gasteiger partial charge in [0.1, 0.15) is 11.6 Å². The number of aromatic nitrogens is 1. The van der Waals surface area contributed by atoms with Gasteiger partial charge in [-0.25, -0.2) is 4.98 Å². The molecular formula is C30H31F3N4O3. The Labute approximate surface area is 230 Å². The summed E-state index contributed by atoms with van der Waals surface area (Å²) in [5, 5.41) is 5.94. The van der Waals surface area contributed by atoms with Crippen molar-refractivity contribution in [2.75, 3.05) is 12.0 Å². The highest BCUT2D eigenvalue weighted by atomic mass is 19.4. The van der Waals surface area contributed by atoms with E-state index in [1.165, 1.54) is 18.3 Å². The van der Waals surface area contributed by atoms with Gasteiger partial charge in [0.25, 0.3) is 11.8 Å². The largest absolute Gasteiger partial charge is 0.496 e. The van der Waals surface area contributed by atoms with Gasteiger partial charge in [0.15, 0.2) is 0 Å². The fraction of sp³-hybridized carbons (Fsp3) is 0.367. The smallest absolute Gasteiger partial charge is 0.416 e. The zero-order valence-electron chi connectivity index (χ0n) is 22.3. The predicted molar refractivity (Wildman–Crippen MR) is 144 cm³/mol. The molecule has 2 saturated heterocycles. The maximum Gasteiger partial charge on any atom is 0.416 e. The number of ether oxygens (including phenoxy) is 1. The number of benzene rings is 2. The van der Waals surface area contributed by atoms with Gasteiger partial charge in [0.2, 0.25) is 0 Å². The average molecular weight is 553 g/mol. The van der Waals surface area contributed by atoms with Crippen LogP contribution in [0.25, 0.3) is 0 Å². The van der Waals surface area contributed by atoms with E-state index in [0.29, 0.717) is 22.4 Å². The van der Waals surface area contributed by atoms with E-state index >= 15 is 0 Å². The minimum atomic E-state index is -4.40. The molecule has 7 nitrogen and oxygen atoms in total. The number of methoxy groups -OCH3 is 1. The molecule has 3 heterocycles. The second-order valence-corrected chi connectivity index (χ2v) is 10.3. The van der Waals surface area contributed by atoms with Crippen molar-refractivity contribution in [3.8, 4) is 5.75 Å². The van der Waals surface area contributed by atoms with E-state index < -0.39 is 11.7 Å². The fourth-order valence-electron chi connectivity index (χ4n) is 5.78. The maximum atomic E-state index is 13.0. The Bertz CT molecular complexity index is 1360. The number of nitrogens with one attached hydrogen (secondary N) is 2. The molecule has 2 aliphatic heterocycles. The number of carbonyl (C=O) groups excluding carboxylic acids is 2. The standard InChI is InChI=1S/C30H31F3N4O3/c1-18-25(4-3-5-26(18)40-2)29(39)36-22-14-23-11-12-24(15-22)37(23)27-13-8-20(17-34-27)28(38)35-16-19-6-9-21(10-7-19)30(31,32)33/h3-10,13,17,22-24H,11-12,14-16H2,1-2H3,(H,35,38)(H,36,39)/t22-,23+,24-. The number of fused-ring (bicyclic) bond motifs is 2. The SMILES string of the molecule is COc1cccc(C(=O)N[C@H]2C[C@H]3CC[C@@H](C2)N3c2ccc(C(=O)NCc3ccc(C(F)(F)F)cc3)cn2)c1C. The first-order chi connectivity index (χ1) is 19.1. The van der Waals surface area contributed by atoms with Gasteiger partial charge in [0.05, 0.1) is 18.2 Å². The molecule has 2 aromatic carbocycles. The lowest BCUT2D eigenvalue weighted by atomic mass is 9.96. The Kier molecular flexibility index (Phi) is 7.69. The molecule has 0 saturated carbocycles. The molecule has 3 atom stereocenters. The third kappa shape index (κ3) is 5.76. The predicted octanol–water partition coefficient (Wildman–Crippen LogP) is 5.28. The fourth-order valence-corrected chi connectivity index (χ4v) is 5.78. The van der Waals surface area contributed by atoms with Crippen LogP contribution in [0.5, 0.6) is 5.75 Å². The number of halogens is 3. The number of carbonyl (C=O) groups is 2. The van der Waals surface area contributed by atoms with Crippen molar-refractivity contribution in [3.63, 3.8) is 0 Å². The molecule has 2 N–H and O–H groups in total. The van der Waals surface area contributed by atoms with Crippen molar-refractivity contribution in [1.82, 2.24) is 15.6 Å². The molecule has 1 aromatic heterocycles. The van der Waals surface area contributed by atoms with Crippen molar-refractivity contribution < 1.29 is 27.5 Å². The second kappa shape index (κ2) is 11.2. The van der Waals surface area contributed by atoms with Crippen LogP contribution in [0.1, 0.15) is 63.1 Å². The minimum Gasteiger partial charge on any atom is -0.496 e. The molecule has 10 heteroatoms. The van der Waals surface area contributed by atoms with Crippen molar-refractivity contribution in [2.45, 2.75) is 63.5 Å². The summed E-state index contributed by atoms with van der Waals surface area (Å²) in [5.74, 6) is 1.03. The summed E-state index contributed by atoms with van der Waals surface area (Å²) in [5.41, 5.74) is 1.64. The van der Waals surface area contributed by atoms with Crippen molar-refractivity contribution in [1.29, 1.82) is 0 Å². The number of rotatable bonds is 7. The number of anilines is 1. The third-order valence-electron chi connectivity index (χ3n) is 7.83. The first kappa shape index (κ1) is 27.5. The summed E-state index contributed by atoms with van der Waals surface area (Å²) in [6, 6.07) is 14.2. The lowest BCUT2D eigenvalue weighted by Gasteiger charge is -2.40. The van der Waals surface area contributed by atoms with Crippen LogP contribution < -0.4 is 20.3 Å². The Hall–Kier alpha value is -4.08. The third-order valence-corrected chi connectivity index (χ3v) is 7.83.